The molecule has 0 saturated heterocycles. The van der Waals surface area contributed by atoms with Crippen LogP contribution in [0.25, 0.3) is 216 Å². The van der Waals surface area contributed by atoms with E-state index in [-0.39, 0.29) is 0 Å². The number of hydrogen-bond donors (Lipinski definition) is 0. The molecule has 0 unspecified atom stereocenters. The average molecular weight is 1430 g/mol. The SMILES string of the molecule is c1ccc(-n2c3ccc(-c4ccc5c(c4)c4ccccc4n5-c4ccc(-c5ccc6ccccc6c5)cc4)cc3c3ccc4c5ccccc5sc4c32)cc1.c1ccc(-n2c3ccccc3c3cc(-c4ccc5c(c4)c4ccc6c7ccccc7sc6c4n5-c4ccc(-c5ccc6ccccc6c5)cc4)ccc32)cc1. The van der Waals surface area contributed by atoms with Crippen LogP contribution in [0.15, 0.2) is 388 Å². The third-order valence-electron chi connectivity index (χ3n) is 23.0. The van der Waals surface area contributed by atoms with Gasteiger partial charge in [0.15, 0.2) is 0 Å². The van der Waals surface area contributed by atoms with Crippen molar-refractivity contribution in [1.82, 2.24) is 18.3 Å². The number of nitrogens with zero attached hydrogens (tertiary/aromatic N) is 4. The second kappa shape index (κ2) is 24.9. The lowest BCUT2D eigenvalue weighted by molar-refractivity contribution is 1.18. The predicted octanol–water partition coefficient (Wildman–Crippen LogP) is 29.5. The van der Waals surface area contributed by atoms with Crippen molar-refractivity contribution in [2.75, 3.05) is 0 Å². The Hall–Kier alpha value is -13.9. The predicted molar refractivity (Wildman–Crippen MR) is 473 cm³/mol. The molecule has 0 aliphatic carbocycles. The maximum Gasteiger partial charge on any atom is 0.0719 e. The molecule has 6 heterocycles. The van der Waals surface area contributed by atoms with E-state index >= 15 is 0 Å². The summed E-state index contributed by atoms with van der Waals surface area (Å²) in [4.78, 5) is 0. The molecule has 0 aliphatic heterocycles. The van der Waals surface area contributed by atoms with E-state index < -0.39 is 0 Å². The first-order chi connectivity index (χ1) is 54.5. The molecule has 4 nitrogen and oxygen atoms in total. The van der Waals surface area contributed by atoms with Crippen LogP contribution in [0.4, 0.5) is 0 Å². The molecule has 0 N–H and O–H groups in total. The summed E-state index contributed by atoms with van der Waals surface area (Å²) in [5.74, 6) is 0. The molecule has 6 heteroatoms. The molecule has 6 aromatic heterocycles. The molecule has 0 radical (unpaired) electrons. The molecule has 18 aromatic carbocycles. The Bertz CT molecular complexity index is 7880. The molecule has 110 heavy (non-hydrogen) atoms. The van der Waals surface area contributed by atoms with Crippen molar-refractivity contribution in [3.63, 3.8) is 0 Å². The van der Waals surface area contributed by atoms with Crippen molar-refractivity contribution >= 4 is 172 Å². The molecule has 512 valence electrons. The van der Waals surface area contributed by atoms with Gasteiger partial charge in [0.25, 0.3) is 0 Å². The lowest BCUT2D eigenvalue weighted by atomic mass is 10.00. The van der Waals surface area contributed by atoms with Gasteiger partial charge in [-0.15, -0.1) is 22.7 Å². The summed E-state index contributed by atoms with van der Waals surface area (Å²) in [6.07, 6.45) is 0. The highest BCUT2D eigenvalue weighted by atomic mass is 32.1. The summed E-state index contributed by atoms with van der Waals surface area (Å²) < 4.78 is 15.0. The highest BCUT2D eigenvalue weighted by Gasteiger charge is 2.23. The van der Waals surface area contributed by atoms with E-state index in [1.165, 1.54) is 205 Å². The van der Waals surface area contributed by atoms with Crippen molar-refractivity contribution in [2.24, 2.45) is 0 Å². The van der Waals surface area contributed by atoms with Gasteiger partial charge in [-0.3, -0.25) is 0 Å². The zero-order valence-electron chi connectivity index (χ0n) is 59.6. The highest BCUT2D eigenvalue weighted by molar-refractivity contribution is 7.27. The zero-order chi connectivity index (χ0) is 72.1. The van der Waals surface area contributed by atoms with Crippen LogP contribution < -0.4 is 0 Å². The van der Waals surface area contributed by atoms with Gasteiger partial charge in [0.05, 0.1) is 53.5 Å². The van der Waals surface area contributed by atoms with Gasteiger partial charge in [-0.1, -0.05) is 255 Å². The molecule has 24 rings (SSSR count). The van der Waals surface area contributed by atoms with E-state index in [0.717, 1.165) is 11.4 Å². The van der Waals surface area contributed by atoms with Gasteiger partial charge in [0.2, 0.25) is 0 Å². The maximum atomic E-state index is 2.49. The van der Waals surface area contributed by atoms with Crippen LogP contribution in [-0.4, -0.2) is 18.3 Å². The summed E-state index contributed by atoms with van der Waals surface area (Å²) in [6.45, 7) is 0. The fraction of sp³-hybridized carbons (Fsp3) is 0. The van der Waals surface area contributed by atoms with E-state index in [0.29, 0.717) is 0 Å². The van der Waals surface area contributed by atoms with Crippen molar-refractivity contribution in [3.05, 3.63) is 388 Å². The van der Waals surface area contributed by atoms with Crippen molar-refractivity contribution < 1.29 is 0 Å². The number of fused-ring (bicyclic) bond motifs is 22. The Morgan fingerprint density at radius 3 is 0.864 bits per heavy atom. The lowest BCUT2D eigenvalue weighted by Crippen LogP contribution is -1.94. The first-order valence-electron chi connectivity index (χ1n) is 37.7. The minimum Gasteiger partial charge on any atom is -0.309 e. The molecule has 0 fully saturated rings. The molecule has 24 aromatic rings. The Morgan fingerprint density at radius 2 is 0.436 bits per heavy atom. The van der Waals surface area contributed by atoms with Crippen LogP contribution in [0.1, 0.15) is 0 Å². The van der Waals surface area contributed by atoms with Gasteiger partial charge in [-0.2, -0.15) is 0 Å². The largest absolute Gasteiger partial charge is 0.309 e. The van der Waals surface area contributed by atoms with Crippen LogP contribution >= 0.6 is 22.7 Å². The fourth-order valence-corrected chi connectivity index (χ4v) is 20.3. The van der Waals surface area contributed by atoms with Gasteiger partial charge < -0.3 is 18.3 Å². The van der Waals surface area contributed by atoms with E-state index in [4.69, 9.17) is 0 Å². The number of aromatic nitrogens is 4. The molecule has 0 saturated carbocycles. The van der Waals surface area contributed by atoms with Gasteiger partial charge in [0, 0.05) is 96.8 Å². The summed E-state index contributed by atoms with van der Waals surface area (Å²) in [5.41, 5.74) is 24.3. The van der Waals surface area contributed by atoms with Crippen LogP contribution in [0.3, 0.4) is 0 Å². The molecule has 0 atom stereocenters. The Morgan fingerprint density at radius 1 is 0.155 bits per heavy atom. The third kappa shape index (κ3) is 9.83. The molecular weight excluding hydrogens is 1370 g/mol. The zero-order valence-corrected chi connectivity index (χ0v) is 61.2. The first-order valence-corrected chi connectivity index (χ1v) is 39.3. The van der Waals surface area contributed by atoms with Gasteiger partial charge >= 0.3 is 0 Å². The minimum absolute atomic E-state index is 1.16. The van der Waals surface area contributed by atoms with Gasteiger partial charge in [0.1, 0.15) is 0 Å². The number of para-hydroxylation sites is 4. The Kier molecular flexibility index (Phi) is 14.1. The van der Waals surface area contributed by atoms with Crippen LogP contribution in [0, 0.1) is 0 Å². The Labute approximate surface area is 640 Å². The summed E-state index contributed by atoms with van der Waals surface area (Å²) in [7, 11) is 0. The highest BCUT2D eigenvalue weighted by Crippen LogP contribution is 2.48. The van der Waals surface area contributed by atoms with Crippen LogP contribution in [0.5, 0.6) is 0 Å². The topological polar surface area (TPSA) is 19.7 Å². The second-order valence-corrected chi connectivity index (χ2v) is 31.2. The standard InChI is InChI=1S/2C52H32N2S/c1-2-12-39(13-3-1)54-49-29-23-38(32-46(49)43-26-27-44-42-15-7-9-17-50(42)55-52(44)51(43)54)37-22-28-48-45(31-37)41-14-6-8-16-47(41)53(48)40-24-20-34(21-25-40)36-19-18-33-10-4-5-11-35(33)30-36;1-2-12-39(13-3-1)53-47-16-8-6-14-41(47)45-31-37(22-28-48(45)53)38-23-29-49-46(32-38)43-26-27-44-42-15-7-9-17-50(42)55-52(44)51(43)54(49)40-24-20-34(21-25-40)36-19-18-33-10-4-5-11-35(33)30-36/h2*1-32H. The summed E-state index contributed by atoms with van der Waals surface area (Å²) >= 11 is 3.79. The Balaban J connectivity index is 0.000000132. The van der Waals surface area contributed by atoms with Crippen molar-refractivity contribution in [3.8, 4) is 67.3 Å². The first kappa shape index (κ1) is 62.3. The lowest BCUT2D eigenvalue weighted by Gasteiger charge is -2.11. The third-order valence-corrected chi connectivity index (χ3v) is 25.4. The molecule has 0 amide bonds. The van der Waals surface area contributed by atoms with Gasteiger partial charge in [-0.25, -0.2) is 0 Å². The normalized spacial score (nSPS) is 12.0. The number of thiophene rings is 2. The monoisotopic (exact) mass is 1430 g/mol. The van der Waals surface area contributed by atoms with E-state index in [2.05, 4.69) is 407 Å². The fourth-order valence-electron chi connectivity index (χ4n) is 17.8. The smallest absolute Gasteiger partial charge is 0.0719 e. The quantitative estimate of drug-likeness (QED) is 0.144. The van der Waals surface area contributed by atoms with Gasteiger partial charge in [-0.05, 0) is 200 Å². The second-order valence-electron chi connectivity index (χ2n) is 29.1. The number of rotatable bonds is 8. The van der Waals surface area contributed by atoms with Crippen molar-refractivity contribution in [1.29, 1.82) is 0 Å². The van der Waals surface area contributed by atoms with Crippen LogP contribution in [-0.2, 0) is 0 Å². The number of hydrogen-bond acceptors (Lipinski definition) is 2. The molecule has 0 spiro atoms. The molecule has 0 aliphatic rings. The molecular formula is C104H64N4S2. The van der Waals surface area contributed by atoms with E-state index in [1.54, 1.807) is 0 Å². The number of benzene rings is 18. The van der Waals surface area contributed by atoms with E-state index in [1.807, 2.05) is 22.7 Å². The minimum atomic E-state index is 1.16. The van der Waals surface area contributed by atoms with Crippen LogP contribution in [0.2, 0.25) is 0 Å². The average Bonchev–Trinajstić information content (AvgIpc) is 1.56. The summed E-state index contributed by atoms with van der Waals surface area (Å²) in [5, 5.41) is 20.4. The van der Waals surface area contributed by atoms with Crippen molar-refractivity contribution in [2.45, 2.75) is 0 Å². The maximum absolute atomic E-state index is 2.49. The summed E-state index contributed by atoms with van der Waals surface area (Å²) in [6, 6.07) is 143. The van der Waals surface area contributed by atoms with E-state index in [9.17, 15) is 0 Å². The molecule has 0 bridgehead atoms.